The van der Waals surface area contributed by atoms with Gasteiger partial charge in [-0.2, -0.15) is 0 Å². The third-order valence-electron chi connectivity index (χ3n) is 10.3. The second-order valence-corrected chi connectivity index (χ2v) is 16.1. The van der Waals surface area contributed by atoms with Crippen LogP contribution < -0.4 is 26.0 Å². The standard InChI is InChI=1S/C43H63N5O7/c1-28(2)19-36(42(53)47-35(21-30-11-7-5-8-12-30)38(50)24-40(51)45-25-29(3)4)48-43(54)37(22-31-13-9-6-10-14-31)46-41(52)23-33-27-55-39-16-15-32(20-34(33)39)26-44-17-18-49/h6,9-10,13-16,20,26,28-30,33,35-38,49-50H,5,7-8,11-12,17-19,21-25,27H2,1-4H3,(H,45,51)(H,46,52)(H,47,53)(H,48,54)/t33?,35-,36-,37-,38-/m0/s1. The Bertz CT molecular complexity index is 1560. The first-order valence-corrected chi connectivity index (χ1v) is 20.2. The summed E-state index contributed by atoms with van der Waals surface area (Å²) < 4.78 is 5.87. The zero-order valence-corrected chi connectivity index (χ0v) is 33.1. The Labute approximate surface area is 326 Å². The Morgan fingerprint density at radius 2 is 1.62 bits per heavy atom. The molecule has 1 heterocycles. The summed E-state index contributed by atoms with van der Waals surface area (Å²) in [6.07, 6.45) is 7.01. The number of rotatable bonds is 21. The minimum Gasteiger partial charge on any atom is -0.493 e. The Balaban J connectivity index is 1.48. The number of ether oxygens (including phenoxy) is 1. The zero-order chi connectivity index (χ0) is 39.7. The normalized spacial score (nSPS) is 17.9. The molecule has 1 fully saturated rings. The van der Waals surface area contributed by atoms with E-state index in [2.05, 4.69) is 26.3 Å². The van der Waals surface area contributed by atoms with Crippen molar-refractivity contribution < 1.29 is 34.1 Å². The highest BCUT2D eigenvalue weighted by molar-refractivity contribution is 5.92. The molecule has 1 aliphatic heterocycles. The number of nitrogens with one attached hydrogen (secondary N) is 4. The molecule has 2 aromatic carbocycles. The monoisotopic (exact) mass is 761 g/mol. The fourth-order valence-corrected chi connectivity index (χ4v) is 7.39. The summed E-state index contributed by atoms with van der Waals surface area (Å²) in [6.45, 7) is 9.00. The molecule has 5 atom stereocenters. The van der Waals surface area contributed by atoms with Crippen molar-refractivity contribution in [1.29, 1.82) is 0 Å². The number of fused-ring (bicyclic) bond motifs is 1. The number of nitrogens with zero attached hydrogens (tertiary/aromatic N) is 1. The van der Waals surface area contributed by atoms with Gasteiger partial charge in [0.25, 0.3) is 0 Å². The van der Waals surface area contributed by atoms with Crippen LogP contribution in [-0.4, -0.2) is 90.6 Å². The van der Waals surface area contributed by atoms with E-state index in [0.29, 0.717) is 44.2 Å². The van der Waals surface area contributed by atoms with Crippen molar-refractivity contribution in [2.75, 3.05) is 26.3 Å². The van der Waals surface area contributed by atoms with Crippen LogP contribution in [0.15, 0.2) is 53.5 Å². The molecule has 0 saturated heterocycles. The number of carbonyl (C=O) groups is 4. The molecule has 4 amide bonds. The van der Waals surface area contributed by atoms with Gasteiger partial charge in [-0.3, -0.25) is 24.2 Å². The summed E-state index contributed by atoms with van der Waals surface area (Å²) in [6, 6.07) is 12.5. The van der Waals surface area contributed by atoms with Gasteiger partial charge in [-0.15, -0.1) is 0 Å². The minimum absolute atomic E-state index is 0.0442. The summed E-state index contributed by atoms with van der Waals surface area (Å²) in [5, 5.41) is 32.2. The lowest BCUT2D eigenvalue weighted by Gasteiger charge is -2.32. The largest absolute Gasteiger partial charge is 0.493 e. The van der Waals surface area contributed by atoms with E-state index >= 15 is 0 Å². The molecule has 0 aromatic heterocycles. The summed E-state index contributed by atoms with van der Waals surface area (Å²) in [4.78, 5) is 58.8. The molecule has 1 saturated carbocycles. The van der Waals surface area contributed by atoms with Crippen molar-refractivity contribution in [3.8, 4) is 5.75 Å². The van der Waals surface area contributed by atoms with Crippen LogP contribution in [0.1, 0.15) is 108 Å². The van der Waals surface area contributed by atoms with Crippen LogP contribution in [0, 0.1) is 17.8 Å². The van der Waals surface area contributed by atoms with Gasteiger partial charge < -0.3 is 36.2 Å². The predicted octanol–water partition coefficient (Wildman–Crippen LogP) is 4.20. The first kappa shape index (κ1) is 43.4. The van der Waals surface area contributed by atoms with Crippen LogP contribution in [-0.2, 0) is 25.6 Å². The number of benzene rings is 2. The van der Waals surface area contributed by atoms with E-state index in [0.717, 1.165) is 42.4 Å². The first-order chi connectivity index (χ1) is 26.4. The molecule has 1 aliphatic carbocycles. The molecular weight excluding hydrogens is 699 g/mol. The van der Waals surface area contributed by atoms with Gasteiger partial charge in [0, 0.05) is 37.1 Å². The highest BCUT2D eigenvalue weighted by Gasteiger charge is 2.33. The van der Waals surface area contributed by atoms with Gasteiger partial charge in [-0.05, 0) is 59.9 Å². The zero-order valence-electron chi connectivity index (χ0n) is 33.1. The van der Waals surface area contributed by atoms with Gasteiger partial charge in [0.1, 0.15) is 17.8 Å². The molecular formula is C43H63N5O7. The Morgan fingerprint density at radius 1 is 0.891 bits per heavy atom. The average molecular weight is 762 g/mol. The van der Waals surface area contributed by atoms with Crippen molar-refractivity contribution in [3.63, 3.8) is 0 Å². The molecule has 12 heteroatoms. The van der Waals surface area contributed by atoms with Crippen molar-refractivity contribution in [3.05, 3.63) is 65.2 Å². The molecule has 6 N–H and O–H groups in total. The first-order valence-electron chi connectivity index (χ1n) is 20.2. The number of hydrogen-bond acceptors (Lipinski definition) is 8. The quantitative estimate of drug-likeness (QED) is 0.103. The second-order valence-electron chi connectivity index (χ2n) is 16.1. The van der Waals surface area contributed by atoms with Gasteiger partial charge in [0.05, 0.1) is 38.3 Å². The van der Waals surface area contributed by atoms with E-state index in [1.165, 1.54) is 6.42 Å². The molecule has 55 heavy (non-hydrogen) atoms. The van der Waals surface area contributed by atoms with Gasteiger partial charge >= 0.3 is 0 Å². The fraction of sp³-hybridized carbons (Fsp3) is 0.605. The van der Waals surface area contributed by atoms with Crippen molar-refractivity contribution in [2.45, 2.75) is 122 Å². The van der Waals surface area contributed by atoms with Crippen LogP contribution in [0.3, 0.4) is 0 Å². The van der Waals surface area contributed by atoms with Gasteiger partial charge in [-0.25, -0.2) is 0 Å². The van der Waals surface area contributed by atoms with E-state index in [4.69, 9.17) is 9.84 Å². The Morgan fingerprint density at radius 3 is 2.31 bits per heavy atom. The number of aliphatic imine (C=N–C) groups is 1. The average Bonchev–Trinajstić information content (AvgIpc) is 3.55. The molecule has 0 radical (unpaired) electrons. The van der Waals surface area contributed by atoms with E-state index < -0.39 is 36.0 Å². The fourth-order valence-electron chi connectivity index (χ4n) is 7.39. The number of aliphatic hydroxyl groups excluding tert-OH is 2. The van der Waals surface area contributed by atoms with Crippen LogP contribution in [0.4, 0.5) is 0 Å². The molecule has 4 rings (SSSR count). The van der Waals surface area contributed by atoms with E-state index in [1.807, 2.05) is 76.2 Å². The number of amides is 4. The summed E-state index contributed by atoms with van der Waals surface area (Å²) in [5.41, 5.74) is 2.56. The van der Waals surface area contributed by atoms with Crippen LogP contribution in [0.5, 0.6) is 5.75 Å². The Hall–Kier alpha value is -4.29. The summed E-state index contributed by atoms with van der Waals surface area (Å²) in [5.74, 6) is -0.415. The third kappa shape index (κ3) is 14.7. The lowest BCUT2D eigenvalue weighted by atomic mass is 9.83. The van der Waals surface area contributed by atoms with E-state index in [1.54, 1.807) is 6.21 Å². The van der Waals surface area contributed by atoms with E-state index in [9.17, 15) is 24.3 Å². The molecule has 302 valence electrons. The minimum atomic E-state index is -1.09. The number of aliphatic hydroxyl groups is 2. The molecule has 0 spiro atoms. The maximum absolute atomic E-state index is 14.1. The summed E-state index contributed by atoms with van der Waals surface area (Å²) >= 11 is 0. The van der Waals surface area contributed by atoms with Gasteiger partial charge in [0.15, 0.2) is 0 Å². The van der Waals surface area contributed by atoms with Crippen molar-refractivity contribution in [2.24, 2.45) is 22.7 Å². The molecule has 2 aliphatic rings. The highest BCUT2D eigenvalue weighted by atomic mass is 16.5. The van der Waals surface area contributed by atoms with E-state index in [-0.39, 0.29) is 55.4 Å². The van der Waals surface area contributed by atoms with Crippen molar-refractivity contribution >= 4 is 29.8 Å². The van der Waals surface area contributed by atoms with Gasteiger partial charge in [0.2, 0.25) is 23.6 Å². The van der Waals surface area contributed by atoms with Crippen LogP contribution >= 0.6 is 0 Å². The van der Waals surface area contributed by atoms with Crippen molar-refractivity contribution in [1.82, 2.24) is 21.3 Å². The lowest BCUT2D eigenvalue weighted by molar-refractivity contribution is -0.133. The molecule has 2 aromatic rings. The maximum Gasteiger partial charge on any atom is 0.243 e. The lowest BCUT2D eigenvalue weighted by Crippen LogP contribution is -2.57. The highest BCUT2D eigenvalue weighted by Crippen LogP contribution is 2.36. The molecule has 12 nitrogen and oxygen atoms in total. The smallest absolute Gasteiger partial charge is 0.243 e. The van der Waals surface area contributed by atoms with Crippen LogP contribution in [0.25, 0.3) is 0 Å². The van der Waals surface area contributed by atoms with Gasteiger partial charge in [-0.1, -0.05) is 90.1 Å². The SMILES string of the molecule is CC(C)CNC(=O)C[C@H](O)[C@H](CC1CCCCC1)NC(=O)[C@H](CC(C)C)NC(=O)[C@H](Cc1ccccc1)NC(=O)CC1COc2ccc(C=NCCO)cc21. The molecule has 0 bridgehead atoms. The summed E-state index contributed by atoms with van der Waals surface area (Å²) in [7, 11) is 0. The maximum atomic E-state index is 14.1. The second kappa shape index (κ2) is 22.3. The third-order valence-corrected chi connectivity index (χ3v) is 10.3. The van der Waals surface area contributed by atoms with Crippen LogP contribution in [0.2, 0.25) is 0 Å². The topological polar surface area (TPSA) is 178 Å². The Kier molecular flexibility index (Phi) is 17.6. The number of hydrogen-bond donors (Lipinski definition) is 6. The number of carbonyl (C=O) groups excluding carboxylic acids is 4. The molecule has 1 unspecified atom stereocenters. The predicted molar refractivity (Wildman–Crippen MR) is 214 cm³/mol.